The van der Waals surface area contributed by atoms with Gasteiger partial charge >= 0.3 is 0 Å². The smallest absolute Gasteiger partial charge is 0.273 e. The van der Waals surface area contributed by atoms with Crippen LogP contribution < -0.4 is 10.6 Å². The summed E-state index contributed by atoms with van der Waals surface area (Å²) in [6.07, 6.45) is 1.42. The van der Waals surface area contributed by atoms with Gasteiger partial charge < -0.3 is 5.32 Å². The van der Waals surface area contributed by atoms with Crippen LogP contribution in [0.5, 0.6) is 0 Å². The molecule has 0 unspecified atom stereocenters. The van der Waals surface area contributed by atoms with Gasteiger partial charge in [-0.2, -0.15) is 0 Å². The lowest BCUT2D eigenvalue weighted by molar-refractivity contribution is -0.115. The highest BCUT2D eigenvalue weighted by Gasteiger charge is 2.20. The maximum absolute atomic E-state index is 13.2. The summed E-state index contributed by atoms with van der Waals surface area (Å²) in [5.74, 6) is -0.722. The summed E-state index contributed by atoms with van der Waals surface area (Å²) in [5, 5.41) is 5.28. The molecule has 0 atom stereocenters. The van der Waals surface area contributed by atoms with E-state index in [-0.39, 0.29) is 22.5 Å². The first-order valence-corrected chi connectivity index (χ1v) is 4.66. The van der Waals surface area contributed by atoms with Crippen LogP contribution in [0.15, 0.2) is 30.0 Å². The number of carbonyl (C=O) groups excluding carboxylic acids is 1. The zero-order valence-electron chi connectivity index (χ0n) is 7.58. The average molecular weight is 222 g/mol. The molecule has 2 N–H and O–H groups in total. The molecule has 1 heterocycles. The van der Waals surface area contributed by atoms with Crippen LogP contribution >= 0.6 is 12.2 Å². The van der Waals surface area contributed by atoms with Crippen LogP contribution in [0.25, 0.3) is 6.08 Å². The molecule has 5 heteroatoms. The summed E-state index contributed by atoms with van der Waals surface area (Å²) in [7, 11) is 0. The SMILES string of the molecule is O=C1NC(=S)N/C1=C\c1ccccc1F. The number of hydrogen-bond acceptors (Lipinski definition) is 2. The van der Waals surface area contributed by atoms with Gasteiger partial charge in [0, 0.05) is 5.56 Å². The number of halogens is 1. The maximum atomic E-state index is 13.2. The van der Waals surface area contributed by atoms with Gasteiger partial charge in [0.25, 0.3) is 5.91 Å². The monoisotopic (exact) mass is 222 g/mol. The van der Waals surface area contributed by atoms with E-state index < -0.39 is 0 Å². The molecule has 1 amide bonds. The minimum Gasteiger partial charge on any atom is -0.328 e. The van der Waals surface area contributed by atoms with Crippen molar-refractivity contribution >= 4 is 29.3 Å². The van der Waals surface area contributed by atoms with Crippen LogP contribution in [0.4, 0.5) is 4.39 Å². The first-order valence-electron chi connectivity index (χ1n) is 4.25. The van der Waals surface area contributed by atoms with Crippen molar-refractivity contribution in [1.82, 2.24) is 10.6 Å². The average Bonchev–Trinajstić information content (AvgIpc) is 2.49. The minimum absolute atomic E-state index is 0.239. The van der Waals surface area contributed by atoms with Crippen LogP contribution in [0.1, 0.15) is 5.56 Å². The largest absolute Gasteiger partial charge is 0.328 e. The Morgan fingerprint density at radius 3 is 2.60 bits per heavy atom. The molecule has 15 heavy (non-hydrogen) atoms. The van der Waals surface area contributed by atoms with Gasteiger partial charge in [0.05, 0.1) is 0 Å². The minimum atomic E-state index is -0.377. The van der Waals surface area contributed by atoms with Crippen molar-refractivity contribution in [3.63, 3.8) is 0 Å². The van der Waals surface area contributed by atoms with E-state index in [0.717, 1.165) is 0 Å². The van der Waals surface area contributed by atoms with Gasteiger partial charge in [0.2, 0.25) is 0 Å². The fourth-order valence-corrected chi connectivity index (χ4v) is 1.43. The number of nitrogens with one attached hydrogen (secondary N) is 2. The molecular formula is C10H7FN2OS. The second kappa shape index (κ2) is 3.78. The Bertz CT molecular complexity index is 470. The zero-order valence-corrected chi connectivity index (χ0v) is 8.40. The predicted molar refractivity (Wildman–Crippen MR) is 58.3 cm³/mol. The van der Waals surface area contributed by atoms with E-state index in [0.29, 0.717) is 5.56 Å². The predicted octanol–water partition coefficient (Wildman–Crippen LogP) is 1.17. The molecule has 0 radical (unpaired) electrons. The van der Waals surface area contributed by atoms with Crippen molar-refractivity contribution in [3.05, 3.63) is 41.3 Å². The third kappa shape index (κ3) is 2.02. The summed E-state index contributed by atoms with van der Waals surface area (Å²) in [4.78, 5) is 11.2. The molecule has 2 rings (SSSR count). The standard InChI is InChI=1S/C10H7FN2OS/c11-7-4-2-1-3-6(7)5-8-9(14)13-10(15)12-8/h1-5H,(H2,12,13,14,15)/b8-5-. The Morgan fingerprint density at radius 1 is 1.27 bits per heavy atom. The quantitative estimate of drug-likeness (QED) is 0.553. The molecule has 0 aromatic heterocycles. The summed E-state index contributed by atoms with van der Waals surface area (Å²) < 4.78 is 13.2. The number of amides is 1. The molecule has 1 saturated heterocycles. The number of rotatable bonds is 1. The van der Waals surface area contributed by atoms with Gasteiger partial charge in [-0.3, -0.25) is 10.1 Å². The van der Waals surface area contributed by atoms with E-state index in [1.165, 1.54) is 12.1 Å². The van der Waals surface area contributed by atoms with E-state index in [1.807, 2.05) is 0 Å². The number of benzene rings is 1. The maximum Gasteiger partial charge on any atom is 0.273 e. The van der Waals surface area contributed by atoms with Crippen molar-refractivity contribution in [2.24, 2.45) is 0 Å². The molecule has 1 aliphatic heterocycles. The van der Waals surface area contributed by atoms with Gasteiger partial charge in [-0.1, -0.05) is 18.2 Å². The Labute approximate surface area is 91.0 Å². The van der Waals surface area contributed by atoms with Crippen LogP contribution in [-0.4, -0.2) is 11.0 Å². The van der Waals surface area contributed by atoms with Gasteiger partial charge in [0.1, 0.15) is 11.5 Å². The third-order valence-corrected chi connectivity index (χ3v) is 2.13. The lowest BCUT2D eigenvalue weighted by atomic mass is 10.2. The van der Waals surface area contributed by atoms with E-state index in [9.17, 15) is 9.18 Å². The fourth-order valence-electron chi connectivity index (χ4n) is 1.23. The molecule has 1 aromatic rings. The van der Waals surface area contributed by atoms with Gasteiger partial charge in [-0.25, -0.2) is 4.39 Å². The Balaban J connectivity index is 2.35. The van der Waals surface area contributed by atoms with E-state index >= 15 is 0 Å². The van der Waals surface area contributed by atoms with Crippen molar-refractivity contribution in [2.75, 3.05) is 0 Å². The molecule has 1 aliphatic rings. The van der Waals surface area contributed by atoms with Crippen molar-refractivity contribution in [3.8, 4) is 0 Å². The summed E-state index contributed by atoms with van der Waals surface area (Å²) in [5.41, 5.74) is 0.602. The molecule has 1 fully saturated rings. The van der Waals surface area contributed by atoms with Crippen LogP contribution in [0.2, 0.25) is 0 Å². The summed E-state index contributed by atoms with van der Waals surface area (Å²) >= 11 is 4.74. The molecule has 0 bridgehead atoms. The van der Waals surface area contributed by atoms with E-state index in [2.05, 4.69) is 10.6 Å². The van der Waals surface area contributed by atoms with E-state index in [1.54, 1.807) is 18.2 Å². The summed E-state index contributed by atoms with van der Waals surface area (Å²) in [6.45, 7) is 0. The fraction of sp³-hybridized carbons (Fsp3) is 0. The van der Waals surface area contributed by atoms with Crippen molar-refractivity contribution < 1.29 is 9.18 Å². The molecule has 0 spiro atoms. The van der Waals surface area contributed by atoms with Crippen molar-refractivity contribution in [2.45, 2.75) is 0 Å². The Morgan fingerprint density at radius 2 is 2.00 bits per heavy atom. The lowest BCUT2D eigenvalue weighted by Crippen LogP contribution is -2.21. The summed E-state index contributed by atoms with van der Waals surface area (Å²) in [6, 6.07) is 6.20. The van der Waals surface area contributed by atoms with Crippen LogP contribution in [-0.2, 0) is 4.79 Å². The van der Waals surface area contributed by atoms with Gasteiger partial charge in [-0.05, 0) is 24.4 Å². The van der Waals surface area contributed by atoms with E-state index in [4.69, 9.17) is 12.2 Å². The molecule has 1 aromatic carbocycles. The topological polar surface area (TPSA) is 41.1 Å². The van der Waals surface area contributed by atoms with Crippen LogP contribution in [0.3, 0.4) is 0 Å². The molecule has 3 nitrogen and oxygen atoms in total. The van der Waals surface area contributed by atoms with Gasteiger partial charge in [0.15, 0.2) is 5.11 Å². The Hall–Kier alpha value is -1.75. The van der Waals surface area contributed by atoms with Crippen LogP contribution in [0, 0.1) is 5.82 Å². The highest BCUT2D eigenvalue weighted by atomic mass is 32.1. The molecule has 0 aliphatic carbocycles. The highest BCUT2D eigenvalue weighted by molar-refractivity contribution is 7.80. The first-order chi connectivity index (χ1) is 7.16. The third-order valence-electron chi connectivity index (χ3n) is 1.92. The highest BCUT2D eigenvalue weighted by Crippen LogP contribution is 2.11. The lowest BCUT2D eigenvalue weighted by Gasteiger charge is -1.97. The normalized spacial score (nSPS) is 17.8. The van der Waals surface area contributed by atoms with Gasteiger partial charge in [-0.15, -0.1) is 0 Å². The zero-order chi connectivity index (χ0) is 10.8. The second-order valence-electron chi connectivity index (χ2n) is 2.99. The molecule has 76 valence electrons. The van der Waals surface area contributed by atoms with Crippen molar-refractivity contribution in [1.29, 1.82) is 0 Å². The number of hydrogen-bond donors (Lipinski definition) is 2. The Kier molecular flexibility index (Phi) is 2.47. The molecule has 0 saturated carbocycles. The number of thiocarbonyl (C=S) groups is 1. The number of carbonyl (C=O) groups is 1. The second-order valence-corrected chi connectivity index (χ2v) is 3.40. The first kappa shape index (κ1) is 9.79. The molecular weight excluding hydrogens is 215 g/mol.